The lowest BCUT2D eigenvalue weighted by atomic mass is 10.2. The van der Waals surface area contributed by atoms with Crippen LogP contribution in [0.25, 0.3) is 0 Å². The molecule has 0 fully saturated rings. The second-order valence-corrected chi connectivity index (χ2v) is 5.20. The standard InChI is InChI=1S/C15H20N4S/c1-12-4-6-14(7-5-12)18-15(20)16-9-3-11-19-13(2)8-10-17-19/h4-8,10H,3,9,11H2,1-2H3,(H2,16,18,20). The van der Waals surface area contributed by atoms with Crippen molar-refractivity contribution in [3.05, 3.63) is 47.8 Å². The number of aromatic nitrogens is 2. The van der Waals surface area contributed by atoms with Crippen molar-refractivity contribution < 1.29 is 0 Å². The van der Waals surface area contributed by atoms with Crippen LogP contribution >= 0.6 is 12.2 Å². The van der Waals surface area contributed by atoms with Crippen molar-refractivity contribution in [2.75, 3.05) is 11.9 Å². The number of benzene rings is 1. The quantitative estimate of drug-likeness (QED) is 0.656. The molecular formula is C15H20N4S. The number of nitrogens with one attached hydrogen (secondary N) is 2. The predicted molar refractivity (Wildman–Crippen MR) is 87.0 cm³/mol. The summed E-state index contributed by atoms with van der Waals surface area (Å²) < 4.78 is 2.00. The van der Waals surface area contributed by atoms with Crippen LogP contribution in [0.3, 0.4) is 0 Å². The van der Waals surface area contributed by atoms with Crippen LogP contribution in [0, 0.1) is 13.8 Å². The minimum Gasteiger partial charge on any atom is -0.362 e. The number of hydrogen-bond donors (Lipinski definition) is 2. The Morgan fingerprint density at radius 2 is 1.95 bits per heavy atom. The first-order valence-corrected chi connectivity index (χ1v) is 7.16. The van der Waals surface area contributed by atoms with Crippen molar-refractivity contribution in [2.45, 2.75) is 26.8 Å². The van der Waals surface area contributed by atoms with Crippen molar-refractivity contribution in [1.82, 2.24) is 15.1 Å². The van der Waals surface area contributed by atoms with E-state index in [4.69, 9.17) is 12.2 Å². The fourth-order valence-corrected chi connectivity index (χ4v) is 2.10. The van der Waals surface area contributed by atoms with E-state index in [-0.39, 0.29) is 0 Å². The Kier molecular flexibility index (Phi) is 5.12. The summed E-state index contributed by atoms with van der Waals surface area (Å²) in [6, 6.07) is 10.2. The van der Waals surface area contributed by atoms with Gasteiger partial charge in [0, 0.05) is 30.7 Å². The molecule has 0 aliphatic carbocycles. The number of rotatable bonds is 5. The van der Waals surface area contributed by atoms with Crippen LogP contribution in [0.1, 0.15) is 17.7 Å². The van der Waals surface area contributed by atoms with Gasteiger partial charge in [-0.1, -0.05) is 17.7 Å². The zero-order chi connectivity index (χ0) is 14.4. The molecule has 0 aliphatic rings. The summed E-state index contributed by atoms with van der Waals surface area (Å²) in [5.74, 6) is 0. The van der Waals surface area contributed by atoms with Gasteiger partial charge in [-0.15, -0.1) is 0 Å². The highest BCUT2D eigenvalue weighted by Crippen LogP contribution is 2.08. The molecule has 0 aliphatic heterocycles. The third-order valence-corrected chi connectivity index (χ3v) is 3.32. The van der Waals surface area contributed by atoms with E-state index in [0.29, 0.717) is 5.11 Å². The predicted octanol–water partition coefficient (Wildman–Crippen LogP) is 2.88. The van der Waals surface area contributed by atoms with Crippen molar-refractivity contribution in [3.8, 4) is 0 Å². The van der Waals surface area contributed by atoms with Crippen LogP contribution in [-0.4, -0.2) is 21.4 Å². The number of thiocarbonyl (C=S) groups is 1. The summed E-state index contributed by atoms with van der Waals surface area (Å²) in [6.07, 6.45) is 2.81. The largest absolute Gasteiger partial charge is 0.362 e. The average Bonchev–Trinajstić information content (AvgIpc) is 2.83. The molecule has 2 rings (SSSR count). The fraction of sp³-hybridized carbons (Fsp3) is 0.333. The third-order valence-electron chi connectivity index (χ3n) is 3.07. The topological polar surface area (TPSA) is 41.9 Å². The lowest BCUT2D eigenvalue weighted by molar-refractivity contribution is 0.561. The Bertz CT molecular complexity index is 560. The molecule has 2 N–H and O–H groups in total. The lowest BCUT2D eigenvalue weighted by Gasteiger charge is -2.11. The van der Waals surface area contributed by atoms with E-state index in [0.717, 1.165) is 25.2 Å². The molecule has 20 heavy (non-hydrogen) atoms. The number of aryl methyl sites for hydroxylation is 3. The molecule has 0 radical (unpaired) electrons. The third kappa shape index (κ3) is 4.35. The van der Waals surface area contributed by atoms with Gasteiger partial charge in [0.05, 0.1) is 0 Å². The van der Waals surface area contributed by atoms with Gasteiger partial charge < -0.3 is 10.6 Å². The van der Waals surface area contributed by atoms with Gasteiger partial charge in [-0.3, -0.25) is 4.68 Å². The molecule has 1 aromatic carbocycles. The van der Waals surface area contributed by atoms with Crippen molar-refractivity contribution in [3.63, 3.8) is 0 Å². The van der Waals surface area contributed by atoms with E-state index in [1.807, 2.05) is 29.1 Å². The van der Waals surface area contributed by atoms with Gasteiger partial charge >= 0.3 is 0 Å². The molecule has 0 saturated carbocycles. The molecule has 5 heteroatoms. The van der Waals surface area contributed by atoms with E-state index >= 15 is 0 Å². The van der Waals surface area contributed by atoms with Gasteiger partial charge in [0.1, 0.15) is 0 Å². The molecule has 2 aromatic rings. The van der Waals surface area contributed by atoms with Gasteiger partial charge in [-0.05, 0) is 50.7 Å². The molecule has 4 nitrogen and oxygen atoms in total. The summed E-state index contributed by atoms with van der Waals surface area (Å²) in [4.78, 5) is 0. The maximum Gasteiger partial charge on any atom is 0.170 e. The van der Waals surface area contributed by atoms with E-state index < -0.39 is 0 Å². The molecule has 0 atom stereocenters. The van der Waals surface area contributed by atoms with E-state index in [1.54, 1.807) is 0 Å². The van der Waals surface area contributed by atoms with Crippen molar-refractivity contribution >= 4 is 23.0 Å². The molecule has 1 aromatic heterocycles. The molecule has 0 spiro atoms. The first-order chi connectivity index (χ1) is 9.65. The summed E-state index contributed by atoms with van der Waals surface area (Å²) >= 11 is 5.26. The highest BCUT2D eigenvalue weighted by Gasteiger charge is 1.99. The first-order valence-electron chi connectivity index (χ1n) is 6.75. The Labute approximate surface area is 125 Å². The zero-order valence-corrected chi connectivity index (χ0v) is 12.7. The monoisotopic (exact) mass is 288 g/mol. The molecule has 0 bridgehead atoms. The summed E-state index contributed by atoms with van der Waals surface area (Å²) in [6.45, 7) is 5.86. The molecule has 106 valence electrons. The Morgan fingerprint density at radius 1 is 1.20 bits per heavy atom. The molecular weight excluding hydrogens is 268 g/mol. The second kappa shape index (κ2) is 7.05. The van der Waals surface area contributed by atoms with E-state index in [1.165, 1.54) is 11.3 Å². The van der Waals surface area contributed by atoms with Crippen molar-refractivity contribution in [2.24, 2.45) is 0 Å². The fourth-order valence-electron chi connectivity index (χ4n) is 1.88. The van der Waals surface area contributed by atoms with Crippen LogP contribution in [-0.2, 0) is 6.54 Å². The van der Waals surface area contributed by atoms with Crippen LogP contribution in [0.15, 0.2) is 36.5 Å². The van der Waals surface area contributed by atoms with Crippen LogP contribution < -0.4 is 10.6 Å². The minimum atomic E-state index is 0.658. The first kappa shape index (κ1) is 14.5. The van der Waals surface area contributed by atoms with Gasteiger partial charge in [-0.2, -0.15) is 5.10 Å². The normalized spacial score (nSPS) is 10.3. The molecule has 0 unspecified atom stereocenters. The van der Waals surface area contributed by atoms with E-state index in [2.05, 4.69) is 41.7 Å². The highest BCUT2D eigenvalue weighted by atomic mass is 32.1. The Hall–Kier alpha value is -1.88. The molecule has 0 saturated heterocycles. The van der Waals surface area contributed by atoms with Crippen LogP contribution in [0.5, 0.6) is 0 Å². The summed E-state index contributed by atoms with van der Waals surface area (Å²) in [7, 11) is 0. The zero-order valence-electron chi connectivity index (χ0n) is 11.9. The molecule has 0 amide bonds. The van der Waals surface area contributed by atoms with Gasteiger partial charge in [0.15, 0.2) is 5.11 Å². The lowest BCUT2D eigenvalue weighted by Crippen LogP contribution is -2.29. The summed E-state index contributed by atoms with van der Waals surface area (Å²) in [5, 5.41) is 11.3. The van der Waals surface area contributed by atoms with Gasteiger partial charge in [0.25, 0.3) is 0 Å². The smallest absolute Gasteiger partial charge is 0.170 e. The summed E-state index contributed by atoms with van der Waals surface area (Å²) in [5.41, 5.74) is 3.44. The number of hydrogen-bond acceptors (Lipinski definition) is 2. The highest BCUT2D eigenvalue weighted by molar-refractivity contribution is 7.80. The number of anilines is 1. The Morgan fingerprint density at radius 3 is 2.60 bits per heavy atom. The van der Waals surface area contributed by atoms with Crippen LogP contribution in [0.4, 0.5) is 5.69 Å². The molecule has 1 heterocycles. The maximum absolute atomic E-state index is 5.26. The van der Waals surface area contributed by atoms with Crippen LogP contribution in [0.2, 0.25) is 0 Å². The van der Waals surface area contributed by atoms with E-state index in [9.17, 15) is 0 Å². The van der Waals surface area contributed by atoms with Crippen molar-refractivity contribution in [1.29, 1.82) is 0 Å². The second-order valence-electron chi connectivity index (χ2n) is 4.80. The SMILES string of the molecule is Cc1ccc(NC(=S)NCCCn2nccc2C)cc1. The number of nitrogens with zero attached hydrogens (tertiary/aromatic N) is 2. The minimum absolute atomic E-state index is 0.658. The maximum atomic E-state index is 5.26. The Balaban J connectivity index is 1.68. The van der Waals surface area contributed by atoms with Gasteiger partial charge in [-0.25, -0.2) is 0 Å². The van der Waals surface area contributed by atoms with Gasteiger partial charge in [0.2, 0.25) is 0 Å². The average molecular weight is 288 g/mol.